The van der Waals surface area contributed by atoms with Crippen LogP contribution in [0, 0.1) is 18.3 Å². The lowest BCUT2D eigenvalue weighted by atomic mass is 10.1. The summed E-state index contributed by atoms with van der Waals surface area (Å²) < 4.78 is 0. The van der Waals surface area contributed by atoms with Crippen LogP contribution in [0.15, 0.2) is 29.3 Å². The van der Waals surface area contributed by atoms with E-state index >= 15 is 0 Å². The third-order valence-corrected chi connectivity index (χ3v) is 5.70. The van der Waals surface area contributed by atoms with Gasteiger partial charge in [0.1, 0.15) is 11.1 Å². The van der Waals surface area contributed by atoms with E-state index in [0.29, 0.717) is 17.7 Å². The second-order valence-corrected chi connectivity index (χ2v) is 7.61. The van der Waals surface area contributed by atoms with Gasteiger partial charge in [0.2, 0.25) is 5.91 Å². The minimum Gasteiger partial charge on any atom is -0.326 e. The second kappa shape index (κ2) is 8.37. The van der Waals surface area contributed by atoms with E-state index in [1.54, 1.807) is 0 Å². The van der Waals surface area contributed by atoms with Crippen LogP contribution in [0.25, 0.3) is 0 Å². The number of para-hydroxylation sites is 1. The van der Waals surface area contributed by atoms with Crippen LogP contribution in [0.5, 0.6) is 0 Å². The number of anilines is 1. The smallest absolute Gasteiger partial charge is 0.225 e. The molecule has 0 atom stereocenters. The number of aromatic nitrogens is 1. The summed E-state index contributed by atoms with van der Waals surface area (Å²) in [6, 6.07) is 10.3. The molecule has 1 aliphatic carbocycles. The minimum absolute atomic E-state index is 0.00108. The molecule has 0 saturated heterocycles. The van der Waals surface area contributed by atoms with Crippen molar-refractivity contribution in [3.8, 4) is 6.07 Å². The molecule has 0 bridgehead atoms. The molecule has 0 saturated carbocycles. The number of nitrogens with one attached hydrogen (secondary N) is 1. The van der Waals surface area contributed by atoms with Gasteiger partial charge >= 0.3 is 0 Å². The van der Waals surface area contributed by atoms with Gasteiger partial charge in [-0.1, -0.05) is 25.1 Å². The Balaban J connectivity index is 1.61. The molecule has 1 heterocycles. The zero-order chi connectivity index (χ0) is 18.5. The third-order valence-electron chi connectivity index (χ3n) is 4.71. The zero-order valence-electron chi connectivity index (χ0n) is 15.3. The number of rotatable bonds is 6. The number of fused-ring (bicyclic) bond motifs is 1. The number of hydrogen-bond acceptors (Lipinski definition) is 4. The van der Waals surface area contributed by atoms with Crippen molar-refractivity contribution in [3.63, 3.8) is 0 Å². The van der Waals surface area contributed by atoms with Crippen molar-refractivity contribution in [2.45, 2.75) is 51.0 Å². The summed E-state index contributed by atoms with van der Waals surface area (Å²) in [7, 11) is 0. The number of nitrogens with zero attached hydrogens (tertiary/aromatic N) is 2. The number of pyridine rings is 1. The van der Waals surface area contributed by atoms with Gasteiger partial charge < -0.3 is 5.32 Å². The van der Waals surface area contributed by atoms with Crippen LogP contribution in [0.2, 0.25) is 0 Å². The van der Waals surface area contributed by atoms with Crippen LogP contribution < -0.4 is 5.32 Å². The quantitative estimate of drug-likeness (QED) is 0.769. The van der Waals surface area contributed by atoms with Crippen molar-refractivity contribution >= 4 is 23.4 Å². The Morgan fingerprint density at radius 3 is 3.00 bits per heavy atom. The Morgan fingerprint density at radius 1 is 1.38 bits per heavy atom. The molecule has 0 spiro atoms. The molecule has 1 N–H and O–H groups in total. The average Bonchev–Trinajstić information content (AvgIpc) is 3.10. The van der Waals surface area contributed by atoms with E-state index < -0.39 is 0 Å². The highest BCUT2D eigenvalue weighted by atomic mass is 32.2. The fourth-order valence-corrected chi connectivity index (χ4v) is 4.20. The Morgan fingerprint density at radius 2 is 2.23 bits per heavy atom. The molecule has 0 fully saturated rings. The standard InChI is InChI=1S/C21H23N3OS/c1-3-15-7-4-6-14(2)20(15)24-19(25)10-11-26-21-17(13-22)12-16-8-5-9-18(16)23-21/h4,6-7,12H,3,5,8-11H2,1-2H3,(H,24,25). The van der Waals surface area contributed by atoms with Gasteiger partial charge in [0.25, 0.3) is 0 Å². The van der Waals surface area contributed by atoms with Crippen LogP contribution >= 0.6 is 11.8 Å². The Hall–Kier alpha value is -2.32. The van der Waals surface area contributed by atoms with Gasteiger partial charge in [0, 0.05) is 23.6 Å². The van der Waals surface area contributed by atoms with Crippen molar-refractivity contribution in [1.82, 2.24) is 4.98 Å². The Bertz CT molecular complexity index is 870. The lowest BCUT2D eigenvalue weighted by Gasteiger charge is -2.13. The van der Waals surface area contributed by atoms with Gasteiger partial charge in [-0.2, -0.15) is 5.26 Å². The lowest BCUT2D eigenvalue weighted by molar-refractivity contribution is -0.115. The molecule has 2 aromatic rings. The highest BCUT2D eigenvalue weighted by molar-refractivity contribution is 7.99. The first kappa shape index (κ1) is 18.5. The van der Waals surface area contributed by atoms with Gasteiger partial charge in [0.05, 0.1) is 5.56 Å². The summed E-state index contributed by atoms with van der Waals surface area (Å²) in [6.45, 7) is 4.10. The van der Waals surface area contributed by atoms with Crippen LogP contribution in [0.1, 0.15) is 47.7 Å². The summed E-state index contributed by atoms with van der Waals surface area (Å²) >= 11 is 1.50. The topological polar surface area (TPSA) is 65.8 Å². The fourth-order valence-electron chi connectivity index (χ4n) is 3.29. The van der Waals surface area contributed by atoms with E-state index in [1.807, 2.05) is 31.2 Å². The maximum atomic E-state index is 12.4. The maximum absolute atomic E-state index is 12.4. The highest BCUT2D eigenvalue weighted by Gasteiger charge is 2.17. The molecule has 1 aromatic heterocycles. The fraction of sp³-hybridized carbons (Fsp3) is 0.381. The number of nitriles is 1. The predicted molar refractivity (Wildman–Crippen MR) is 106 cm³/mol. The number of benzene rings is 1. The summed E-state index contributed by atoms with van der Waals surface area (Å²) in [5, 5.41) is 13.2. The van der Waals surface area contributed by atoms with Crippen LogP contribution in [-0.2, 0) is 24.1 Å². The Labute approximate surface area is 159 Å². The van der Waals surface area contributed by atoms with Gasteiger partial charge in [-0.05, 0) is 55.4 Å². The van der Waals surface area contributed by atoms with Crippen molar-refractivity contribution in [2.24, 2.45) is 0 Å². The first-order valence-corrected chi connectivity index (χ1v) is 10.0. The van der Waals surface area contributed by atoms with Gasteiger partial charge in [-0.25, -0.2) is 4.98 Å². The van der Waals surface area contributed by atoms with Crippen molar-refractivity contribution in [2.75, 3.05) is 11.1 Å². The molecule has 3 rings (SSSR count). The first-order valence-electron chi connectivity index (χ1n) is 9.06. The van der Waals surface area contributed by atoms with E-state index in [2.05, 4.69) is 23.3 Å². The van der Waals surface area contributed by atoms with E-state index in [1.165, 1.54) is 17.3 Å². The molecule has 0 unspecified atom stereocenters. The van der Waals surface area contributed by atoms with Crippen molar-refractivity contribution < 1.29 is 4.79 Å². The molecule has 1 aliphatic rings. The molecule has 26 heavy (non-hydrogen) atoms. The maximum Gasteiger partial charge on any atom is 0.225 e. The lowest BCUT2D eigenvalue weighted by Crippen LogP contribution is -2.14. The molecular weight excluding hydrogens is 342 g/mol. The third kappa shape index (κ3) is 4.08. The summed E-state index contributed by atoms with van der Waals surface area (Å²) in [5.41, 5.74) is 6.11. The molecule has 4 nitrogen and oxygen atoms in total. The number of hydrogen-bond donors (Lipinski definition) is 1. The number of carbonyl (C=O) groups excluding carboxylic acids is 1. The summed E-state index contributed by atoms with van der Waals surface area (Å²) in [4.78, 5) is 17.0. The predicted octanol–water partition coefficient (Wildman–Crippen LogP) is 4.43. The monoisotopic (exact) mass is 365 g/mol. The number of amides is 1. The van der Waals surface area contributed by atoms with E-state index in [9.17, 15) is 10.1 Å². The largest absolute Gasteiger partial charge is 0.326 e. The van der Waals surface area contributed by atoms with Gasteiger partial charge in [-0.3, -0.25) is 4.79 Å². The normalized spacial score (nSPS) is 12.5. The van der Waals surface area contributed by atoms with Crippen LogP contribution in [0.3, 0.4) is 0 Å². The van der Waals surface area contributed by atoms with E-state index in [4.69, 9.17) is 0 Å². The summed E-state index contributed by atoms with van der Waals surface area (Å²) in [5.74, 6) is 0.612. The van der Waals surface area contributed by atoms with E-state index in [-0.39, 0.29) is 5.91 Å². The first-order chi connectivity index (χ1) is 12.6. The molecule has 5 heteroatoms. The summed E-state index contributed by atoms with van der Waals surface area (Å²) in [6.07, 6.45) is 4.39. The second-order valence-electron chi connectivity index (χ2n) is 6.52. The Kier molecular flexibility index (Phi) is 5.95. The minimum atomic E-state index is 0.00108. The molecular formula is C21H23N3OS. The molecule has 1 amide bonds. The van der Waals surface area contributed by atoms with Gasteiger partial charge in [-0.15, -0.1) is 11.8 Å². The molecule has 0 aliphatic heterocycles. The highest BCUT2D eigenvalue weighted by Crippen LogP contribution is 2.28. The number of thioether (sulfide) groups is 1. The molecule has 134 valence electrons. The van der Waals surface area contributed by atoms with Crippen LogP contribution in [-0.4, -0.2) is 16.6 Å². The number of aryl methyl sites for hydroxylation is 4. The SMILES string of the molecule is CCc1cccc(C)c1NC(=O)CCSc1nc2c(cc1C#N)CCC2. The van der Waals surface area contributed by atoms with Crippen LogP contribution in [0.4, 0.5) is 5.69 Å². The zero-order valence-corrected chi connectivity index (χ0v) is 16.1. The average molecular weight is 366 g/mol. The molecule has 1 aromatic carbocycles. The number of carbonyl (C=O) groups is 1. The van der Waals surface area contributed by atoms with Crippen molar-refractivity contribution in [3.05, 3.63) is 52.2 Å². The molecule has 0 radical (unpaired) electrons. The van der Waals surface area contributed by atoms with E-state index in [0.717, 1.165) is 53.2 Å². The van der Waals surface area contributed by atoms with Gasteiger partial charge in [0.15, 0.2) is 0 Å². The van der Waals surface area contributed by atoms with Crippen molar-refractivity contribution in [1.29, 1.82) is 5.26 Å².